The third-order valence-corrected chi connectivity index (χ3v) is 6.17. The Labute approximate surface area is 182 Å². The molecule has 166 valence electrons. The minimum Gasteiger partial charge on any atom is -0.383 e. The monoisotopic (exact) mass is 425 g/mol. The summed E-state index contributed by atoms with van der Waals surface area (Å²) in [5.41, 5.74) is 2.67. The van der Waals surface area contributed by atoms with Crippen molar-refractivity contribution in [2.24, 2.45) is 0 Å². The highest BCUT2D eigenvalue weighted by atomic mass is 16.5. The number of piperazine rings is 1. The van der Waals surface area contributed by atoms with Crippen LogP contribution in [0.3, 0.4) is 0 Å². The summed E-state index contributed by atoms with van der Waals surface area (Å²) in [4.78, 5) is 21.0. The van der Waals surface area contributed by atoms with Crippen molar-refractivity contribution >= 4 is 10.9 Å². The molecule has 9 nitrogen and oxygen atoms in total. The average Bonchev–Trinajstić information content (AvgIpc) is 3.26. The zero-order valence-electron chi connectivity index (χ0n) is 18.5. The SMILES string of the molecule is CCc1ccc2[nH]c(=O)c(C(c3nnnn3CCOC)N3CCN(CC)CC3)cc2c1. The van der Waals surface area contributed by atoms with Crippen molar-refractivity contribution in [1.82, 2.24) is 35.0 Å². The molecule has 1 aromatic carbocycles. The zero-order chi connectivity index (χ0) is 21.8. The first-order valence-electron chi connectivity index (χ1n) is 11.0. The Morgan fingerprint density at radius 1 is 1.16 bits per heavy atom. The lowest BCUT2D eigenvalue weighted by atomic mass is 10.0. The number of ether oxygens (including phenoxy) is 1. The summed E-state index contributed by atoms with van der Waals surface area (Å²) in [7, 11) is 1.66. The van der Waals surface area contributed by atoms with E-state index in [4.69, 9.17) is 4.74 Å². The Bertz CT molecular complexity index is 1070. The number of likely N-dealkylation sites (N-methyl/N-ethyl adjacent to an activating group) is 1. The number of methoxy groups -OCH3 is 1. The molecule has 3 aromatic rings. The molecule has 0 aliphatic carbocycles. The molecule has 0 amide bonds. The number of aromatic amines is 1. The largest absolute Gasteiger partial charge is 0.383 e. The third-order valence-electron chi connectivity index (χ3n) is 6.17. The van der Waals surface area contributed by atoms with Crippen molar-refractivity contribution in [3.05, 3.63) is 51.6 Å². The Morgan fingerprint density at radius 3 is 2.68 bits per heavy atom. The number of nitrogens with one attached hydrogen (secondary N) is 1. The van der Waals surface area contributed by atoms with Gasteiger partial charge in [0.25, 0.3) is 5.56 Å². The highest BCUT2D eigenvalue weighted by Gasteiger charge is 2.32. The molecular weight excluding hydrogens is 394 g/mol. The van der Waals surface area contributed by atoms with Crippen molar-refractivity contribution in [3.63, 3.8) is 0 Å². The average molecular weight is 426 g/mol. The fraction of sp³-hybridized carbons (Fsp3) is 0.545. The number of aryl methyl sites for hydroxylation is 1. The van der Waals surface area contributed by atoms with Crippen molar-refractivity contribution in [3.8, 4) is 0 Å². The van der Waals surface area contributed by atoms with Crippen LogP contribution in [0.5, 0.6) is 0 Å². The van der Waals surface area contributed by atoms with Crippen LogP contribution >= 0.6 is 0 Å². The second-order valence-corrected chi connectivity index (χ2v) is 7.95. The van der Waals surface area contributed by atoms with Gasteiger partial charge in [-0.3, -0.25) is 9.69 Å². The first-order chi connectivity index (χ1) is 15.1. The molecule has 0 radical (unpaired) electrons. The van der Waals surface area contributed by atoms with Crippen LogP contribution in [0.25, 0.3) is 10.9 Å². The van der Waals surface area contributed by atoms with Gasteiger partial charge in [-0.05, 0) is 52.5 Å². The van der Waals surface area contributed by atoms with Crippen LogP contribution < -0.4 is 5.56 Å². The lowest BCUT2D eigenvalue weighted by Crippen LogP contribution is -2.49. The predicted molar refractivity (Wildman–Crippen MR) is 119 cm³/mol. The molecule has 0 spiro atoms. The van der Waals surface area contributed by atoms with E-state index < -0.39 is 0 Å². The molecule has 2 aromatic heterocycles. The predicted octanol–water partition coefficient (Wildman–Crippen LogP) is 1.45. The summed E-state index contributed by atoms with van der Waals surface area (Å²) in [5, 5.41) is 13.5. The quantitative estimate of drug-likeness (QED) is 0.584. The van der Waals surface area contributed by atoms with Crippen molar-refractivity contribution in [2.75, 3.05) is 46.4 Å². The maximum atomic E-state index is 13.2. The van der Waals surface area contributed by atoms with Gasteiger partial charge in [-0.25, -0.2) is 4.68 Å². The highest BCUT2D eigenvalue weighted by Crippen LogP contribution is 2.28. The van der Waals surface area contributed by atoms with E-state index in [2.05, 4.69) is 56.3 Å². The number of H-pyrrole nitrogens is 1. The van der Waals surface area contributed by atoms with E-state index in [-0.39, 0.29) is 11.6 Å². The molecule has 31 heavy (non-hydrogen) atoms. The van der Waals surface area contributed by atoms with Gasteiger partial charge in [0.1, 0.15) is 6.04 Å². The van der Waals surface area contributed by atoms with Gasteiger partial charge in [-0.15, -0.1) is 5.10 Å². The minimum absolute atomic E-state index is 0.0963. The van der Waals surface area contributed by atoms with E-state index in [0.29, 0.717) is 24.5 Å². The number of hydrogen-bond acceptors (Lipinski definition) is 7. The van der Waals surface area contributed by atoms with E-state index >= 15 is 0 Å². The molecular formula is C22H31N7O2. The topological polar surface area (TPSA) is 92.2 Å². The molecule has 1 N–H and O–H groups in total. The minimum atomic E-state index is -0.315. The van der Waals surface area contributed by atoms with Crippen molar-refractivity contribution < 1.29 is 4.74 Å². The molecule has 0 bridgehead atoms. The number of tetrazole rings is 1. The smallest absolute Gasteiger partial charge is 0.253 e. The van der Waals surface area contributed by atoms with Crippen LogP contribution in [0.4, 0.5) is 0 Å². The van der Waals surface area contributed by atoms with Gasteiger partial charge in [-0.2, -0.15) is 0 Å². The summed E-state index contributed by atoms with van der Waals surface area (Å²) >= 11 is 0. The number of fused-ring (bicyclic) bond motifs is 1. The second kappa shape index (κ2) is 9.67. The maximum absolute atomic E-state index is 13.2. The van der Waals surface area contributed by atoms with Gasteiger partial charge in [0, 0.05) is 44.4 Å². The highest BCUT2D eigenvalue weighted by molar-refractivity contribution is 5.80. The Kier molecular flexibility index (Phi) is 6.74. The molecule has 1 fully saturated rings. The standard InChI is InChI=1S/C22H31N7O2/c1-4-16-6-7-19-17(14-16)15-18(22(30)23-19)20(28-10-8-27(5-2)9-11-28)21-24-25-26-29(21)12-13-31-3/h6-7,14-15,20H,4-5,8-13H2,1-3H3,(H,23,30). The van der Waals surface area contributed by atoms with E-state index in [1.165, 1.54) is 5.56 Å². The first-order valence-corrected chi connectivity index (χ1v) is 11.0. The molecule has 1 atom stereocenters. The van der Waals surface area contributed by atoms with Crippen molar-refractivity contribution in [2.45, 2.75) is 32.9 Å². The number of pyridine rings is 1. The molecule has 1 saturated heterocycles. The summed E-state index contributed by atoms with van der Waals surface area (Å²) in [6.45, 7) is 9.99. The van der Waals surface area contributed by atoms with Gasteiger partial charge in [0.05, 0.1) is 13.2 Å². The van der Waals surface area contributed by atoms with Gasteiger partial charge < -0.3 is 14.6 Å². The van der Waals surface area contributed by atoms with Crippen LogP contribution in [0, 0.1) is 0 Å². The number of aromatic nitrogens is 5. The van der Waals surface area contributed by atoms with Gasteiger partial charge in [-0.1, -0.05) is 19.9 Å². The molecule has 4 rings (SSSR count). The number of hydrogen-bond donors (Lipinski definition) is 1. The van der Waals surface area contributed by atoms with Gasteiger partial charge >= 0.3 is 0 Å². The lowest BCUT2D eigenvalue weighted by molar-refractivity contribution is 0.106. The molecule has 1 aliphatic heterocycles. The molecule has 0 saturated carbocycles. The maximum Gasteiger partial charge on any atom is 0.253 e. The van der Waals surface area contributed by atoms with E-state index in [1.807, 2.05) is 12.1 Å². The summed E-state index contributed by atoms with van der Waals surface area (Å²) < 4.78 is 6.99. The van der Waals surface area contributed by atoms with E-state index in [0.717, 1.165) is 50.0 Å². The van der Waals surface area contributed by atoms with Crippen LogP contribution in [0.15, 0.2) is 29.1 Å². The Balaban J connectivity index is 1.80. The normalized spacial score (nSPS) is 16.7. The van der Waals surface area contributed by atoms with E-state index in [9.17, 15) is 4.79 Å². The van der Waals surface area contributed by atoms with E-state index in [1.54, 1.807) is 11.8 Å². The fourth-order valence-corrected chi connectivity index (χ4v) is 4.28. The zero-order valence-corrected chi connectivity index (χ0v) is 18.5. The summed E-state index contributed by atoms with van der Waals surface area (Å²) in [6, 6.07) is 7.89. The van der Waals surface area contributed by atoms with Crippen LogP contribution in [0.2, 0.25) is 0 Å². The molecule has 3 heterocycles. The number of benzene rings is 1. The Morgan fingerprint density at radius 2 is 1.97 bits per heavy atom. The first kappa shape index (κ1) is 21.6. The van der Waals surface area contributed by atoms with Gasteiger partial charge in [0.15, 0.2) is 5.82 Å². The Hall–Kier alpha value is -2.62. The lowest BCUT2D eigenvalue weighted by Gasteiger charge is -2.38. The fourth-order valence-electron chi connectivity index (χ4n) is 4.28. The molecule has 1 unspecified atom stereocenters. The van der Waals surface area contributed by atoms with Crippen molar-refractivity contribution in [1.29, 1.82) is 0 Å². The number of rotatable bonds is 8. The summed E-state index contributed by atoms with van der Waals surface area (Å²) in [6.07, 6.45) is 0.946. The van der Waals surface area contributed by atoms with Crippen LogP contribution in [-0.2, 0) is 17.7 Å². The van der Waals surface area contributed by atoms with Crippen LogP contribution in [-0.4, -0.2) is 81.4 Å². The molecule has 9 heteroatoms. The van der Waals surface area contributed by atoms with Gasteiger partial charge in [0.2, 0.25) is 0 Å². The third kappa shape index (κ3) is 4.53. The number of nitrogens with zero attached hydrogens (tertiary/aromatic N) is 6. The second-order valence-electron chi connectivity index (χ2n) is 7.95. The summed E-state index contributed by atoms with van der Waals surface area (Å²) in [5.74, 6) is 0.679. The molecule has 1 aliphatic rings. The van der Waals surface area contributed by atoms with Crippen LogP contribution in [0.1, 0.15) is 36.8 Å².